The van der Waals surface area contributed by atoms with E-state index in [0.29, 0.717) is 18.2 Å². The Morgan fingerprint density at radius 2 is 1.91 bits per heavy atom. The van der Waals surface area contributed by atoms with Gasteiger partial charge in [0.1, 0.15) is 17.7 Å². The molecule has 2 rings (SSSR count). The monoisotopic (exact) mass is 443 g/mol. The highest BCUT2D eigenvalue weighted by Gasteiger charge is 2.15. The minimum absolute atomic E-state index is 0.151. The fraction of sp³-hybridized carbons (Fsp3) is 0.500. The number of hydrogen-bond acceptors (Lipinski definition) is 8. The predicted octanol–water partition coefficient (Wildman–Crippen LogP) is 3.26. The highest BCUT2D eigenvalue weighted by molar-refractivity contribution is 5.74. The number of carbonyl (C=O) groups is 2. The lowest BCUT2D eigenvalue weighted by molar-refractivity contribution is -0.104. The number of nitrogens with one attached hydrogen (secondary N) is 2. The summed E-state index contributed by atoms with van der Waals surface area (Å²) >= 11 is 0. The van der Waals surface area contributed by atoms with Crippen molar-refractivity contribution >= 4 is 30.2 Å². The first kappa shape index (κ1) is 24.8. The number of aldehydes is 1. The third kappa shape index (κ3) is 8.37. The quantitative estimate of drug-likeness (QED) is 0.273. The highest BCUT2D eigenvalue weighted by Crippen LogP contribution is 2.17. The maximum Gasteiger partial charge on any atom is 0.407 e. The zero-order valence-corrected chi connectivity index (χ0v) is 19.2. The van der Waals surface area contributed by atoms with Crippen molar-refractivity contribution in [1.29, 1.82) is 0 Å². The molecular weight excluding hydrogens is 410 g/mol. The van der Waals surface area contributed by atoms with Gasteiger partial charge < -0.3 is 21.1 Å². The van der Waals surface area contributed by atoms with Crippen LogP contribution in [0.1, 0.15) is 57.7 Å². The smallest absolute Gasteiger partial charge is 0.407 e. The summed E-state index contributed by atoms with van der Waals surface area (Å²) in [6, 6.07) is 1.79. The lowest BCUT2D eigenvalue weighted by atomic mass is 10.2. The Hall–Kier alpha value is -3.43. The molecule has 0 saturated heterocycles. The summed E-state index contributed by atoms with van der Waals surface area (Å²) in [5.74, 6) is 1.33. The molecule has 4 N–H and O–H groups in total. The van der Waals surface area contributed by atoms with Crippen molar-refractivity contribution in [2.45, 2.75) is 59.0 Å². The number of unbranched alkanes of at least 4 members (excludes halogenated alkanes) is 3. The number of nitrogens with two attached hydrogens (primary N) is 1. The molecule has 10 nitrogen and oxygen atoms in total. The molecule has 0 saturated carbocycles. The number of ether oxygens (including phenoxy) is 1. The van der Waals surface area contributed by atoms with Gasteiger partial charge in [-0.05, 0) is 52.7 Å². The second-order valence-electron chi connectivity index (χ2n) is 8.33. The van der Waals surface area contributed by atoms with Gasteiger partial charge >= 0.3 is 6.09 Å². The number of nitrogens with zero attached hydrogens (tertiary/aromatic N) is 4. The van der Waals surface area contributed by atoms with Crippen molar-refractivity contribution < 1.29 is 14.3 Å². The molecule has 0 aliphatic heterocycles. The van der Waals surface area contributed by atoms with Gasteiger partial charge in [0, 0.05) is 24.7 Å². The van der Waals surface area contributed by atoms with E-state index in [0.717, 1.165) is 49.8 Å². The Kier molecular flexibility index (Phi) is 9.18. The second kappa shape index (κ2) is 11.8. The number of amides is 1. The van der Waals surface area contributed by atoms with E-state index >= 15 is 0 Å². The normalized spacial score (nSPS) is 11.5. The first-order chi connectivity index (χ1) is 15.2. The van der Waals surface area contributed by atoms with E-state index in [9.17, 15) is 9.59 Å². The third-order valence-corrected chi connectivity index (χ3v) is 4.43. The fourth-order valence-electron chi connectivity index (χ4n) is 2.94. The van der Waals surface area contributed by atoms with E-state index in [1.54, 1.807) is 23.0 Å². The van der Waals surface area contributed by atoms with Gasteiger partial charge in [-0.2, -0.15) is 15.1 Å². The van der Waals surface area contributed by atoms with E-state index in [1.807, 2.05) is 27.7 Å². The van der Waals surface area contributed by atoms with E-state index < -0.39 is 5.60 Å². The van der Waals surface area contributed by atoms with Crippen molar-refractivity contribution in [3.8, 4) is 5.82 Å². The largest absolute Gasteiger partial charge is 0.444 e. The molecule has 0 aromatic carbocycles. The van der Waals surface area contributed by atoms with Gasteiger partial charge in [0.15, 0.2) is 5.82 Å². The lowest BCUT2D eigenvalue weighted by Crippen LogP contribution is -2.32. The van der Waals surface area contributed by atoms with Gasteiger partial charge in [-0.25, -0.2) is 9.48 Å². The number of alkyl carbamates (subject to hydrolysis) is 1. The van der Waals surface area contributed by atoms with E-state index in [1.165, 1.54) is 6.08 Å². The van der Waals surface area contributed by atoms with Gasteiger partial charge in [0.25, 0.3) is 0 Å². The Morgan fingerprint density at radius 1 is 1.19 bits per heavy atom. The lowest BCUT2D eigenvalue weighted by Gasteiger charge is -2.19. The standard InChI is InChI=1S/C22H33N7O3/c1-16-17(10-9-13-30)15-26-29(16)19-14-18(27-20(23)28-19)24-11-7-5-6-8-12-25-21(31)32-22(2,3)4/h9-10,13-15H,5-8,11-12H2,1-4H3,(H,25,31)(H3,23,24,27,28)/b10-9+. The molecule has 0 atom stereocenters. The molecular formula is C22H33N7O3. The SMILES string of the molecule is Cc1c(/C=C/C=O)cnn1-c1cc(NCCCCCCNC(=O)OC(C)(C)C)nc(N)n1. The molecule has 0 spiro atoms. The second-order valence-corrected chi connectivity index (χ2v) is 8.33. The number of rotatable bonds is 11. The molecule has 0 aliphatic rings. The zero-order valence-electron chi connectivity index (χ0n) is 19.2. The molecule has 10 heteroatoms. The van der Waals surface area contributed by atoms with E-state index in [4.69, 9.17) is 10.5 Å². The topological polar surface area (TPSA) is 137 Å². The summed E-state index contributed by atoms with van der Waals surface area (Å²) in [7, 11) is 0. The van der Waals surface area contributed by atoms with E-state index in [-0.39, 0.29) is 12.0 Å². The van der Waals surface area contributed by atoms with Gasteiger partial charge in [-0.1, -0.05) is 12.8 Å². The molecule has 174 valence electrons. The molecule has 1 amide bonds. The van der Waals surface area contributed by atoms with Gasteiger partial charge in [0.05, 0.1) is 11.9 Å². The number of anilines is 2. The summed E-state index contributed by atoms with van der Waals surface area (Å²) in [6.07, 6.45) is 8.98. The van der Waals surface area contributed by atoms with Crippen molar-refractivity contribution in [1.82, 2.24) is 25.1 Å². The molecule has 0 unspecified atom stereocenters. The Balaban J connectivity index is 1.76. The summed E-state index contributed by atoms with van der Waals surface area (Å²) in [4.78, 5) is 30.6. The van der Waals surface area contributed by atoms with Crippen LogP contribution in [0.4, 0.5) is 16.6 Å². The molecule has 2 aromatic rings. The van der Waals surface area contributed by atoms with Gasteiger partial charge in [0.2, 0.25) is 5.95 Å². The molecule has 0 aliphatic carbocycles. The number of aromatic nitrogens is 4. The van der Waals surface area contributed by atoms with Crippen molar-refractivity contribution in [2.24, 2.45) is 0 Å². The van der Waals surface area contributed by atoms with Crippen LogP contribution in [0.3, 0.4) is 0 Å². The summed E-state index contributed by atoms with van der Waals surface area (Å²) in [6.45, 7) is 8.75. The van der Waals surface area contributed by atoms with Crippen LogP contribution >= 0.6 is 0 Å². The first-order valence-electron chi connectivity index (χ1n) is 10.7. The molecule has 0 bridgehead atoms. The van der Waals surface area contributed by atoms with Crippen LogP contribution in [-0.2, 0) is 9.53 Å². The van der Waals surface area contributed by atoms with Crippen LogP contribution in [-0.4, -0.2) is 50.8 Å². The average Bonchev–Trinajstić information content (AvgIpc) is 3.07. The van der Waals surface area contributed by atoms with Gasteiger partial charge in [-0.15, -0.1) is 0 Å². The fourth-order valence-corrected chi connectivity index (χ4v) is 2.94. The van der Waals surface area contributed by atoms with Crippen LogP contribution in [0.25, 0.3) is 11.9 Å². The van der Waals surface area contributed by atoms with Crippen LogP contribution in [0.15, 0.2) is 18.3 Å². The highest BCUT2D eigenvalue weighted by atomic mass is 16.6. The molecule has 2 heterocycles. The molecule has 0 fully saturated rings. The van der Waals surface area contributed by atoms with Crippen LogP contribution in [0.5, 0.6) is 0 Å². The Bertz CT molecular complexity index is 932. The van der Waals surface area contributed by atoms with Gasteiger partial charge in [-0.3, -0.25) is 4.79 Å². The number of allylic oxidation sites excluding steroid dienone is 1. The summed E-state index contributed by atoms with van der Waals surface area (Å²) in [5.41, 5.74) is 7.06. The third-order valence-electron chi connectivity index (χ3n) is 4.43. The first-order valence-corrected chi connectivity index (χ1v) is 10.7. The minimum atomic E-state index is -0.480. The zero-order chi connectivity index (χ0) is 23.6. The van der Waals surface area contributed by atoms with Crippen molar-refractivity contribution in [3.05, 3.63) is 29.6 Å². The maximum absolute atomic E-state index is 11.6. The number of carbonyl (C=O) groups excluding carboxylic acids is 2. The summed E-state index contributed by atoms with van der Waals surface area (Å²) in [5, 5.41) is 10.4. The summed E-state index contributed by atoms with van der Waals surface area (Å²) < 4.78 is 6.86. The average molecular weight is 444 g/mol. The van der Waals surface area contributed by atoms with Crippen molar-refractivity contribution in [3.63, 3.8) is 0 Å². The maximum atomic E-state index is 11.6. The minimum Gasteiger partial charge on any atom is -0.444 e. The molecule has 2 aromatic heterocycles. The predicted molar refractivity (Wildman–Crippen MR) is 125 cm³/mol. The van der Waals surface area contributed by atoms with Crippen LogP contribution in [0.2, 0.25) is 0 Å². The van der Waals surface area contributed by atoms with Crippen LogP contribution in [0, 0.1) is 6.92 Å². The van der Waals surface area contributed by atoms with E-state index in [2.05, 4.69) is 25.7 Å². The van der Waals surface area contributed by atoms with Crippen molar-refractivity contribution in [2.75, 3.05) is 24.1 Å². The number of nitrogen functional groups attached to an aromatic ring is 1. The molecule has 32 heavy (non-hydrogen) atoms. The molecule has 0 radical (unpaired) electrons. The van der Waals surface area contributed by atoms with Crippen LogP contribution < -0.4 is 16.4 Å². The Morgan fingerprint density at radius 3 is 2.59 bits per heavy atom. The number of hydrogen-bond donors (Lipinski definition) is 3. The Labute approximate surface area is 188 Å².